The summed E-state index contributed by atoms with van der Waals surface area (Å²) in [6.45, 7) is 7.86. The summed E-state index contributed by atoms with van der Waals surface area (Å²) in [6.07, 6.45) is 0.508. The van der Waals surface area contributed by atoms with Gasteiger partial charge in [0.25, 0.3) is 0 Å². The van der Waals surface area contributed by atoms with E-state index in [-0.39, 0.29) is 17.2 Å². The van der Waals surface area contributed by atoms with E-state index >= 15 is 0 Å². The summed E-state index contributed by atoms with van der Waals surface area (Å²) >= 11 is 0. The fourth-order valence-corrected chi connectivity index (χ4v) is 2.65. The molecule has 2 rings (SSSR count). The Bertz CT molecular complexity index is 502. The SMILES string of the molecule is CC1(C)CC(Oc2ccc(B(O)O)c(F)c2)C(C)(C)O1. The molecule has 1 aromatic rings. The van der Waals surface area contributed by atoms with Gasteiger partial charge in [0.05, 0.1) is 5.60 Å². The molecule has 0 aliphatic carbocycles. The Morgan fingerprint density at radius 2 is 1.95 bits per heavy atom. The summed E-state index contributed by atoms with van der Waals surface area (Å²) < 4.78 is 25.4. The molecular weight excluding hydrogens is 262 g/mol. The Hall–Kier alpha value is -1.11. The van der Waals surface area contributed by atoms with E-state index in [2.05, 4.69) is 0 Å². The van der Waals surface area contributed by atoms with Crippen LogP contribution in [-0.4, -0.2) is 34.5 Å². The van der Waals surface area contributed by atoms with E-state index in [1.165, 1.54) is 12.1 Å². The summed E-state index contributed by atoms with van der Waals surface area (Å²) in [4.78, 5) is 0. The van der Waals surface area contributed by atoms with Gasteiger partial charge >= 0.3 is 7.12 Å². The zero-order valence-electron chi connectivity index (χ0n) is 12.2. The minimum atomic E-state index is -1.82. The Morgan fingerprint density at radius 3 is 2.40 bits per heavy atom. The topological polar surface area (TPSA) is 58.9 Å². The standard InChI is InChI=1S/C14H20BFO4/c1-13(2)8-12(14(3,4)20-13)19-9-5-6-10(15(17)18)11(16)7-9/h5-7,12,17-18H,8H2,1-4H3. The van der Waals surface area contributed by atoms with Crippen LogP contribution in [0.1, 0.15) is 34.1 Å². The second-order valence-electron chi connectivity index (χ2n) is 6.33. The van der Waals surface area contributed by atoms with E-state index in [9.17, 15) is 4.39 Å². The number of hydrogen-bond donors (Lipinski definition) is 2. The highest BCUT2D eigenvalue weighted by atomic mass is 19.1. The number of halogens is 1. The van der Waals surface area contributed by atoms with Gasteiger partial charge in [-0.3, -0.25) is 0 Å². The van der Waals surface area contributed by atoms with Gasteiger partial charge in [-0.05, 0) is 33.8 Å². The van der Waals surface area contributed by atoms with Crippen LogP contribution in [0.2, 0.25) is 0 Å². The smallest absolute Gasteiger partial charge is 0.487 e. The van der Waals surface area contributed by atoms with Crippen LogP contribution in [0.5, 0.6) is 5.75 Å². The van der Waals surface area contributed by atoms with E-state index in [1.54, 1.807) is 0 Å². The molecule has 0 aromatic heterocycles. The lowest BCUT2D eigenvalue weighted by Gasteiger charge is -2.27. The van der Waals surface area contributed by atoms with Gasteiger partial charge in [-0.15, -0.1) is 0 Å². The van der Waals surface area contributed by atoms with E-state index in [4.69, 9.17) is 19.5 Å². The van der Waals surface area contributed by atoms with Crippen LogP contribution < -0.4 is 10.2 Å². The van der Waals surface area contributed by atoms with Gasteiger partial charge < -0.3 is 19.5 Å². The zero-order valence-corrected chi connectivity index (χ0v) is 12.2. The minimum absolute atomic E-state index is 0.167. The molecule has 6 heteroatoms. The van der Waals surface area contributed by atoms with Crippen molar-refractivity contribution in [2.45, 2.75) is 51.4 Å². The van der Waals surface area contributed by atoms with Crippen LogP contribution in [0.25, 0.3) is 0 Å². The Morgan fingerprint density at radius 1 is 1.30 bits per heavy atom. The van der Waals surface area contributed by atoms with Gasteiger partial charge in [0.2, 0.25) is 0 Å². The molecule has 1 unspecified atom stereocenters. The molecule has 0 saturated carbocycles. The summed E-state index contributed by atoms with van der Waals surface area (Å²) in [6, 6.07) is 4.00. The molecule has 1 aliphatic heterocycles. The maximum atomic E-state index is 13.7. The van der Waals surface area contributed by atoms with Crippen molar-refractivity contribution in [2.24, 2.45) is 0 Å². The lowest BCUT2D eigenvalue weighted by molar-refractivity contribution is -0.0846. The monoisotopic (exact) mass is 282 g/mol. The predicted octanol–water partition coefficient (Wildman–Crippen LogP) is 1.23. The van der Waals surface area contributed by atoms with Gasteiger partial charge in [-0.2, -0.15) is 0 Å². The first-order valence-corrected chi connectivity index (χ1v) is 6.63. The lowest BCUT2D eigenvalue weighted by Crippen LogP contribution is -2.37. The first kappa shape index (κ1) is 15.3. The molecule has 0 amide bonds. The molecule has 2 N–H and O–H groups in total. The summed E-state index contributed by atoms with van der Waals surface area (Å²) in [7, 11) is -1.82. The molecule has 0 bridgehead atoms. The third kappa shape index (κ3) is 3.14. The normalized spacial score (nSPS) is 23.6. The van der Waals surface area contributed by atoms with Crippen molar-refractivity contribution in [1.29, 1.82) is 0 Å². The molecule has 1 heterocycles. The average molecular weight is 282 g/mol. The van der Waals surface area contributed by atoms with Crippen LogP contribution in [0.3, 0.4) is 0 Å². The number of hydrogen-bond acceptors (Lipinski definition) is 4. The lowest BCUT2D eigenvalue weighted by atomic mass is 9.80. The molecule has 0 radical (unpaired) electrons. The van der Waals surface area contributed by atoms with Crippen LogP contribution in [0.4, 0.5) is 4.39 Å². The van der Waals surface area contributed by atoms with Gasteiger partial charge in [0.1, 0.15) is 23.3 Å². The Labute approximate surface area is 118 Å². The fraction of sp³-hybridized carbons (Fsp3) is 0.571. The average Bonchev–Trinajstić information content (AvgIpc) is 2.45. The Balaban J connectivity index is 2.17. The largest absolute Gasteiger partial charge is 0.491 e. The van der Waals surface area contributed by atoms with Crippen LogP contribution in [0, 0.1) is 5.82 Å². The third-order valence-electron chi connectivity index (χ3n) is 3.52. The van der Waals surface area contributed by atoms with Crippen molar-refractivity contribution >= 4 is 12.6 Å². The quantitative estimate of drug-likeness (QED) is 0.819. The van der Waals surface area contributed by atoms with Gasteiger partial charge in [-0.1, -0.05) is 6.07 Å². The molecular formula is C14H20BFO4. The molecule has 1 atom stereocenters. The highest BCUT2D eigenvalue weighted by molar-refractivity contribution is 6.58. The first-order chi connectivity index (χ1) is 9.11. The van der Waals surface area contributed by atoms with Gasteiger partial charge in [0, 0.05) is 17.9 Å². The highest BCUT2D eigenvalue weighted by Crippen LogP contribution is 2.39. The van der Waals surface area contributed by atoms with Crippen molar-refractivity contribution in [2.75, 3.05) is 0 Å². The second-order valence-corrected chi connectivity index (χ2v) is 6.33. The zero-order chi connectivity index (χ0) is 15.1. The number of benzene rings is 1. The van der Waals surface area contributed by atoms with Crippen LogP contribution >= 0.6 is 0 Å². The highest BCUT2D eigenvalue weighted by Gasteiger charge is 2.47. The molecule has 110 valence electrons. The van der Waals surface area contributed by atoms with Gasteiger partial charge in [-0.25, -0.2) is 4.39 Å². The fourth-order valence-electron chi connectivity index (χ4n) is 2.65. The van der Waals surface area contributed by atoms with Crippen molar-refractivity contribution in [1.82, 2.24) is 0 Å². The first-order valence-electron chi connectivity index (χ1n) is 6.63. The third-order valence-corrected chi connectivity index (χ3v) is 3.52. The Kier molecular flexibility index (Phi) is 3.84. The van der Waals surface area contributed by atoms with Crippen LogP contribution in [0.15, 0.2) is 18.2 Å². The molecule has 4 nitrogen and oxygen atoms in total. The predicted molar refractivity (Wildman–Crippen MR) is 74.5 cm³/mol. The van der Waals surface area contributed by atoms with E-state index in [1.807, 2.05) is 27.7 Å². The molecule has 20 heavy (non-hydrogen) atoms. The van der Waals surface area contributed by atoms with Crippen molar-refractivity contribution in [3.8, 4) is 5.75 Å². The minimum Gasteiger partial charge on any atom is -0.487 e. The summed E-state index contributed by atoms with van der Waals surface area (Å²) in [5.74, 6) is -0.347. The molecule has 1 fully saturated rings. The van der Waals surface area contributed by atoms with Gasteiger partial charge in [0.15, 0.2) is 0 Å². The maximum absolute atomic E-state index is 13.7. The second kappa shape index (κ2) is 5.02. The maximum Gasteiger partial charge on any atom is 0.491 e. The van der Waals surface area contributed by atoms with Crippen molar-refractivity contribution < 1.29 is 23.9 Å². The number of ether oxygens (including phenoxy) is 2. The summed E-state index contributed by atoms with van der Waals surface area (Å²) in [5.41, 5.74) is -0.914. The van der Waals surface area contributed by atoms with E-state index in [0.29, 0.717) is 12.2 Å². The van der Waals surface area contributed by atoms with Crippen molar-refractivity contribution in [3.63, 3.8) is 0 Å². The summed E-state index contributed by atoms with van der Waals surface area (Å²) in [5, 5.41) is 18.0. The molecule has 0 spiro atoms. The van der Waals surface area contributed by atoms with E-state index < -0.39 is 18.5 Å². The molecule has 1 saturated heterocycles. The van der Waals surface area contributed by atoms with Crippen LogP contribution in [-0.2, 0) is 4.74 Å². The number of rotatable bonds is 3. The molecule has 1 aliphatic rings. The van der Waals surface area contributed by atoms with Crippen molar-refractivity contribution in [3.05, 3.63) is 24.0 Å². The molecule has 1 aromatic carbocycles. The van der Waals surface area contributed by atoms with E-state index in [0.717, 1.165) is 6.07 Å².